The maximum atomic E-state index is 14.0. The van der Waals surface area contributed by atoms with Crippen LogP contribution in [0.1, 0.15) is 21.5 Å². The van der Waals surface area contributed by atoms with E-state index in [2.05, 4.69) is 15.6 Å². The molecule has 0 unspecified atom stereocenters. The van der Waals surface area contributed by atoms with Crippen molar-refractivity contribution >= 4 is 35.8 Å². The van der Waals surface area contributed by atoms with Gasteiger partial charge >= 0.3 is 0 Å². The summed E-state index contributed by atoms with van der Waals surface area (Å²) in [6, 6.07) is 21.2. The van der Waals surface area contributed by atoms with Crippen molar-refractivity contribution in [3.63, 3.8) is 0 Å². The quantitative estimate of drug-likeness (QED) is 0.247. The molecule has 0 spiro atoms. The summed E-state index contributed by atoms with van der Waals surface area (Å²) < 4.78 is 19.7. The van der Waals surface area contributed by atoms with E-state index in [1.165, 1.54) is 6.07 Å². The third-order valence-electron chi connectivity index (χ3n) is 4.77. The van der Waals surface area contributed by atoms with Crippen LogP contribution in [0.3, 0.4) is 0 Å². The van der Waals surface area contributed by atoms with Crippen LogP contribution in [0.4, 0.5) is 4.39 Å². The molecule has 6 nitrogen and oxygen atoms in total. The number of carbonyl (C=O) groups is 1. The number of aliphatic imine (C=N–C) groups is 1. The van der Waals surface area contributed by atoms with Gasteiger partial charge in [0.1, 0.15) is 5.75 Å². The van der Waals surface area contributed by atoms with E-state index in [0.29, 0.717) is 30.4 Å². The monoisotopic (exact) mass is 562 g/mol. The lowest BCUT2D eigenvalue weighted by molar-refractivity contribution is 0.0827. The molecule has 2 N–H and O–H groups in total. The minimum Gasteiger partial charge on any atom is -0.454 e. The van der Waals surface area contributed by atoms with Gasteiger partial charge in [0.15, 0.2) is 17.5 Å². The molecule has 3 aromatic rings. The van der Waals surface area contributed by atoms with Gasteiger partial charge in [0.25, 0.3) is 5.91 Å². The zero-order valence-corrected chi connectivity index (χ0v) is 21.2. The smallest absolute Gasteiger partial charge is 0.253 e. The number of rotatable bonds is 7. The number of guanidine groups is 1. The molecule has 33 heavy (non-hydrogen) atoms. The fourth-order valence-corrected chi connectivity index (χ4v) is 3.00. The normalized spacial score (nSPS) is 10.7. The van der Waals surface area contributed by atoms with Crippen LogP contribution in [0.15, 0.2) is 77.8 Å². The molecule has 3 rings (SSSR count). The van der Waals surface area contributed by atoms with Crippen LogP contribution in [0, 0.1) is 5.82 Å². The Bertz CT molecular complexity index is 1090. The van der Waals surface area contributed by atoms with Gasteiger partial charge in [0.2, 0.25) is 0 Å². The molecule has 8 heteroatoms. The Morgan fingerprint density at radius 2 is 1.52 bits per heavy atom. The van der Waals surface area contributed by atoms with Gasteiger partial charge in [-0.2, -0.15) is 0 Å². The molecule has 0 saturated carbocycles. The summed E-state index contributed by atoms with van der Waals surface area (Å²) in [7, 11) is 5.15. The van der Waals surface area contributed by atoms with E-state index >= 15 is 0 Å². The fourth-order valence-electron chi connectivity index (χ4n) is 3.00. The van der Waals surface area contributed by atoms with Crippen LogP contribution in [0.5, 0.6) is 11.5 Å². The third kappa shape index (κ3) is 7.45. The topological polar surface area (TPSA) is 66.0 Å². The lowest BCUT2D eigenvalue weighted by atomic mass is 10.1. The van der Waals surface area contributed by atoms with Crippen molar-refractivity contribution in [2.45, 2.75) is 13.1 Å². The molecule has 0 aliphatic rings. The van der Waals surface area contributed by atoms with E-state index in [1.54, 1.807) is 50.3 Å². The summed E-state index contributed by atoms with van der Waals surface area (Å²) in [5.41, 5.74) is 2.53. The Labute approximate surface area is 210 Å². The Balaban J connectivity index is 0.00000385. The molecule has 0 saturated heterocycles. The molecule has 0 aromatic heterocycles. The first-order chi connectivity index (χ1) is 15.5. The summed E-state index contributed by atoms with van der Waals surface area (Å²) in [5.74, 6) is 0.920. The predicted octanol–water partition coefficient (Wildman–Crippen LogP) is 4.80. The Morgan fingerprint density at radius 1 is 0.909 bits per heavy atom. The number of benzene rings is 3. The Kier molecular flexibility index (Phi) is 10.1. The summed E-state index contributed by atoms with van der Waals surface area (Å²) in [4.78, 5) is 17.8. The number of amides is 1. The third-order valence-corrected chi connectivity index (χ3v) is 4.77. The minimum atomic E-state index is -0.411. The first-order valence-electron chi connectivity index (χ1n) is 10.2. The van der Waals surface area contributed by atoms with Gasteiger partial charge in [-0.3, -0.25) is 9.79 Å². The van der Waals surface area contributed by atoms with Crippen molar-refractivity contribution in [1.82, 2.24) is 15.5 Å². The van der Waals surface area contributed by atoms with E-state index in [0.717, 1.165) is 11.1 Å². The molecule has 0 heterocycles. The number of hydrogen-bond donors (Lipinski definition) is 2. The molecule has 0 aliphatic carbocycles. The van der Waals surface area contributed by atoms with Crippen LogP contribution in [-0.2, 0) is 13.1 Å². The second kappa shape index (κ2) is 12.8. The van der Waals surface area contributed by atoms with Crippen LogP contribution < -0.4 is 15.4 Å². The van der Waals surface area contributed by atoms with Crippen LogP contribution in [0.2, 0.25) is 0 Å². The van der Waals surface area contributed by atoms with Crippen molar-refractivity contribution in [2.24, 2.45) is 4.99 Å². The highest BCUT2D eigenvalue weighted by atomic mass is 127. The molecular weight excluding hydrogens is 534 g/mol. The van der Waals surface area contributed by atoms with Gasteiger partial charge in [-0.15, -0.1) is 24.0 Å². The van der Waals surface area contributed by atoms with Gasteiger partial charge < -0.3 is 20.3 Å². The van der Waals surface area contributed by atoms with Crippen molar-refractivity contribution in [2.75, 3.05) is 21.1 Å². The summed E-state index contributed by atoms with van der Waals surface area (Å²) in [6.07, 6.45) is 0. The zero-order valence-electron chi connectivity index (χ0n) is 18.8. The maximum absolute atomic E-state index is 14.0. The number of nitrogens with zero attached hydrogens (tertiary/aromatic N) is 2. The average Bonchev–Trinajstić information content (AvgIpc) is 2.81. The highest BCUT2D eigenvalue weighted by Crippen LogP contribution is 2.27. The largest absolute Gasteiger partial charge is 0.454 e. The summed E-state index contributed by atoms with van der Waals surface area (Å²) >= 11 is 0. The van der Waals surface area contributed by atoms with Gasteiger partial charge in [-0.05, 0) is 35.9 Å². The van der Waals surface area contributed by atoms with Crippen LogP contribution in [-0.4, -0.2) is 37.9 Å². The highest BCUT2D eigenvalue weighted by molar-refractivity contribution is 14.0. The van der Waals surface area contributed by atoms with E-state index in [9.17, 15) is 9.18 Å². The zero-order chi connectivity index (χ0) is 22.9. The Hall–Kier alpha value is -3.14. The van der Waals surface area contributed by atoms with Crippen molar-refractivity contribution in [3.8, 4) is 11.5 Å². The van der Waals surface area contributed by atoms with Gasteiger partial charge in [0.05, 0.1) is 0 Å². The van der Waals surface area contributed by atoms with Gasteiger partial charge in [-0.1, -0.05) is 42.5 Å². The predicted molar refractivity (Wildman–Crippen MR) is 140 cm³/mol. The van der Waals surface area contributed by atoms with E-state index in [1.807, 2.05) is 42.5 Å². The fraction of sp³-hybridized carbons (Fsp3) is 0.200. The number of carbonyl (C=O) groups excluding carboxylic acids is 1. The van der Waals surface area contributed by atoms with Gasteiger partial charge in [-0.25, -0.2) is 4.39 Å². The first-order valence-corrected chi connectivity index (χ1v) is 10.2. The summed E-state index contributed by atoms with van der Waals surface area (Å²) in [6.45, 7) is 0.990. The van der Waals surface area contributed by atoms with E-state index < -0.39 is 5.82 Å². The van der Waals surface area contributed by atoms with Crippen molar-refractivity contribution < 1.29 is 13.9 Å². The number of nitrogens with one attached hydrogen (secondary N) is 2. The number of hydrogen-bond acceptors (Lipinski definition) is 3. The average molecular weight is 562 g/mol. The van der Waals surface area contributed by atoms with Crippen LogP contribution >= 0.6 is 24.0 Å². The minimum absolute atomic E-state index is 0. The van der Waals surface area contributed by atoms with Crippen molar-refractivity contribution in [1.29, 1.82) is 0 Å². The van der Waals surface area contributed by atoms with E-state index in [-0.39, 0.29) is 35.6 Å². The number of halogens is 2. The van der Waals surface area contributed by atoms with E-state index in [4.69, 9.17) is 4.74 Å². The van der Waals surface area contributed by atoms with Crippen molar-refractivity contribution in [3.05, 3.63) is 95.3 Å². The first kappa shape index (κ1) is 26.1. The standard InChI is InChI=1S/C25H27FN4O2.HI/c1-27-25(28-16-18-12-14-19(15-13-18)24(31)30(2)3)29-17-20-8-4-6-10-22(20)32-23-11-7-5-9-21(23)26;/h4-15H,16-17H2,1-3H3,(H2,27,28,29);1H. The Morgan fingerprint density at radius 3 is 2.15 bits per heavy atom. The molecule has 174 valence electrons. The second-order valence-electron chi connectivity index (χ2n) is 7.32. The lowest BCUT2D eigenvalue weighted by Gasteiger charge is -2.15. The number of para-hydroxylation sites is 2. The summed E-state index contributed by atoms with van der Waals surface area (Å²) in [5, 5.41) is 6.49. The molecule has 0 atom stereocenters. The second-order valence-corrected chi connectivity index (χ2v) is 7.32. The molecule has 0 fully saturated rings. The number of ether oxygens (including phenoxy) is 1. The van der Waals surface area contributed by atoms with Crippen LogP contribution in [0.25, 0.3) is 0 Å². The molecule has 1 amide bonds. The SMILES string of the molecule is CN=C(NCc1ccc(C(=O)N(C)C)cc1)NCc1ccccc1Oc1ccccc1F.I. The molecular formula is C25H28FIN4O2. The van der Waals surface area contributed by atoms with Gasteiger partial charge in [0, 0.05) is 45.4 Å². The molecule has 3 aromatic carbocycles. The lowest BCUT2D eigenvalue weighted by Crippen LogP contribution is -2.36. The highest BCUT2D eigenvalue weighted by Gasteiger charge is 2.09. The molecule has 0 radical (unpaired) electrons. The maximum Gasteiger partial charge on any atom is 0.253 e. The molecule has 0 aliphatic heterocycles. The molecule has 0 bridgehead atoms.